The molecule has 0 saturated carbocycles. The molecule has 1 aromatic heterocycles. The lowest BCUT2D eigenvalue weighted by Crippen LogP contribution is -2.12. The molecule has 150 valence electrons. The van der Waals surface area contributed by atoms with E-state index in [1.54, 1.807) is 0 Å². The van der Waals surface area contributed by atoms with E-state index in [1.165, 1.54) is 17.4 Å². The highest BCUT2D eigenvalue weighted by molar-refractivity contribution is 7.21. The fourth-order valence-electron chi connectivity index (χ4n) is 3.29. The number of nitrogens with one attached hydrogen (secondary N) is 1. The fraction of sp³-hybridized carbons (Fsp3) is 0.0870. The minimum atomic E-state index is -0.992. The number of rotatable bonds is 5. The molecule has 0 aliphatic carbocycles. The van der Waals surface area contributed by atoms with E-state index >= 15 is 0 Å². The fourth-order valence-corrected chi connectivity index (χ4v) is 4.41. The Bertz CT molecular complexity index is 1270. The number of anilines is 1. The number of amides is 1. The van der Waals surface area contributed by atoms with Crippen molar-refractivity contribution in [2.45, 2.75) is 13.3 Å². The molecule has 0 bridgehead atoms. The average Bonchev–Trinajstić information content (AvgIpc) is 3.08. The number of fused-ring (bicyclic) bond motifs is 1. The second kappa shape index (κ2) is 8.04. The van der Waals surface area contributed by atoms with Crippen LogP contribution in [0.15, 0.2) is 66.7 Å². The van der Waals surface area contributed by atoms with Gasteiger partial charge in [0.1, 0.15) is 0 Å². The van der Waals surface area contributed by atoms with Crippen LogP contribution in [0, 0.1) is 22.9 Å². The van der Waals surface area contributed by atoms with Crippen LogP contribution in [0.1, 0.15) is 26.4 Å². The lowest BCUT2D eigenvalue weighted by Gasteiger charge is -2.08. The minimum Gasteiger partial charge on any atom is -0.321 e. The molecule has 1 amide bonds. The maximum Gasteiger partial charge on any atom is 0.304 e. The summed E-state index contributed by atoms with van der Waals surface area (Å²) in [6.45, 7) is 2.02. The van der Waals surface area contributed by atoms with Crippen LogP contribution < -0.4 is 5.32 Å². The van der Waals surface area contributed by atoms with Crippen molar-refractivity contribution < 1.29 is 14.1 Å². The zero-order chi connectivity index (χ0) is 21.3. The number of carbonyl (C=O) groups excluding carboxylic acids is 1. The summed E-state index contributed by atoms with van der Waals surface area (Å²) in [7, 11) is 0. The molecule has 0 spiro atoms. The highest BCUT2D eigenvalue weighted by Crippen LogP contribution is 2.34. The van der Waals surface area contributed by atoms with Crippen LogP contribution in [0.3, 0.4) is 0 Å². The van der Waals surface area contributed by atoms with Gasteiger partial charge in [0, 0.05) is 22.5 Å². The van der Waals surface area contributed by atoms with Gasteiger partial charge in [-0.2, -0.15) is 4.39 Å². The first kappa shape index (κ1) is 19.7. The van der Waals surface area contributed by atoms with E-state index in [4.69, 9.17) is 0 Å². The zero-order valence-electron chi connectivity index (χ0n) is 16.0. The second-order valence-corrected chi connectivity index (χ2v) is 8.00. The smallest absolute Gasteiger partial charge is 0.304 e. The molecule has 0 saturated heterocycles. The van der Waals surface area contributed by atoms with E-state index in [-0.39, 0.29) is 11.6 Å². The largest absolute Gasteiger partial charge is 0.321 e. The first-order valence-corrected chi connectivity index (χ1v) is 10.1. The molecule has 0 aliphatic heterocycles. The molecule has 0 fully saturated rings. The average molecular weight is 420 g/mol. The van der Waals surface area contributed by atoms with Gasteiger partial charge in [0.15, 0.2) is 0 Å². The van der Waals surface area contributed by atoms with Gasteiger partial charge in [-0.1, -0.05) is 48.0 Å². The third-order valence-corrected chi connectivity index (χ3v) is 6.02. The Labute approximate surface area is 175 Å². The maximum atomic E-state index is 13.9. The lowest BCUT2D eigenvalue weighted by molar-refractivity contribution is -0.387. The van der Waals surface area contributed by atoms with E-state index in [0.29, 0.717) is 11.3 Å². The van der Waals surface area contributed by atoms with E-state index in [1.807, 2.05) is 55.5 Å². The number of benzene rings is 3. The summed E-state index contributed by atoms with van der Waals surface area (Å²) in [6, 6.07) is 19.3. The second-order valence-electron chi connectivity index (χ2n) is 6.95. The Morgan fingerprint density at radius 3 is 2.53 bits per heavy atom. The monoisotopic (exact) mass is 420 g/mol. The van der Waals surface area contributed by atoms with Crippen molar-refractivity contribution in [2.24, 2.45) is 0 Å². The van der Waals surface area contributed by atoms with E-state index in [9.17, 15) is 19.3 Å². The molecular formula is C23H17FN2O3S. The van der Waals surface area contributed by atoms with Gasteiger partial charge in [-0.15, -0.1) is 11.3 Å². The number of nitro groups is 1. The summed E-state index contributed by atoms with van der Waals surface area (Å²) < 4.78 is 14.9. The summed E-state index contributed by atoms with van der Waals surface area (Å²) in [6.07, 6.45) is 0.585. The number of nitrogens with zero attached hydrogens (tertiary/aromatic N) is 1. The summed E-state index contributed by atoms with van der Waals surface area (Å²) in [5.74, 6) is -1.36. The Hall–Kier alpha value is -3.58. The summed E-state index contributed by atoms with van der Waals surface area (Å²) in [5, 5.41) is 14.5. The van der Waals surface area contributed by atoms with Gasteiger partial charge in [0.05, 0.1) is 9.80 Å². The molecule has 1 N–H and O–H groups in total. The Kier molecular flexibility index (Phi) is 5.29. The number of halogens is 1. The SMILES string of the molecule is Cc1ccc(Cc2c(C(=O)Nc3ccc([N+](=O)[O-])c(F)c3)sc3ccccc23)cc1. The van der Waals surface area contributed by atoms with Crippen molar-refractivity contribution in [1.82, 2.24) is 0 Å². The number of thiophene rings is 1. The number of hydrogen-bond donors (Lipinski definition) is 1. The number of hydrogen-bond acceptors (Lipinski definition) is 4. The Morgan fingerprint density at radius 2 is 1.83 bits per heavy atom. The van der Waals surface area contributed by atoms with Crippen LogP contribution in [-0.2, 0) is 6.42 Å². The maximum absolute atomic E-state index is 13.9. The van der Waals surface area contributed by atoms with Crippen LogP contribution >= 0.6 is 11.3 Å². The normalized spacial score (nSPS) is 10.9. The molecule has 3 aromatic carbocycles. The van der Waals surface area contributed by atoms with Gasteiger partial charge in [0.2, 0.25) is 5.82 Å². The van der Waals surface area contributed by atoms with Crippen LogP contribution in [0.5, 0.6) is 0 Å². The van der Waals surface area contributed by atoms with E-state index in [0.717, 1.165) is 38.9 Å². The zero-order valence-corrected chi connectivity index (χ0v) is 16.8. The summed E-state index contributed by atoms with van der Waals surface area (Å²) in [5.41, 5.74) is 2.68. The van der Waals surface area contributed by atoms with Crippen molar-refractivity contribution >= 4 is 38.7 Å². The lowest BCUT2D eigenvalue weighted by atomic mass is 10.0. The van der Waals surface area contributed by atoms with E-state index in [2.05, 4.69) is 5.32 Å². The van der Waals surface area contributed by atoms with Crippen molar-refractivity contribution in [3.8, 4) is 0 Å². The number of nitro benzene ring substituents is 1. The molecule has 5 nitrogen and oxygen atoms in total. The van der Waals surface area contributed by atoms with Crippen LogP contribution in [0.25, 0.3) is 10.1 Å². The molecule has 30 heavy (non-hydrogen) atoms. The quantitative estimate of drug-likeness (QED) is 0.313. The van der Waals surface area contributed by atoms with Crippen molar-refractivity contribution in [3.05, 3.63) is 104 Å². The first-order valence-electron chi connectivity index (χ1n) is 9.23. The third-order valence-electron chi connectivity index (χ3n) is 4.81. The molecule has 0 aliphatic rings. The first-order chi connectivity index (χ1) is 14.4. The number of carbonyl (C=O) groups is 1. The Balaban J connectivity index is 1.69. The van der Waals surface area contributed by atoms with Crippen molar-refractivity contribution in [1.29, 1.82) is 0 Å². The van der Waals surface area contributed by atoms with E-state index < -0.39 is 16.4 Å². The minimum absolute atomic E-state index is 0.168. The molecule has 0 radical (unpaired) electrons. The van der Waals surface area contributed by atoms with Gasteiger partial charge in [-0.25, -0.2) is 0 Å². The standard InChI is InChI=1S/C23H17FN2O3S/c1-14-6-8-15(9-7-14)12-18-17-4-2-3-5-21(17)30-22(18)23(27)25-16-10-11-20(26(28)29)19(24)13-16/h2-11,13H,12H2,1H3,(H,25,27). The molecule has 4 rings (SSSR count). The predicted octanol–water partition coefficient (Wildman–Crippen LogP) is 6.10. The topological polar surface area (TPSA) is 72.2 Å². The molecule has 7 heteroatoms. The van der Waals surface area contributed by atoms with Crippen LogP contribution in [0.2, 0.25) is 0 Å². The van der Waals surface area contributed by atoms with Crippen LogP contribution in [-0.4, -0.2) is 10.8 Å². The Morgan fingerprint density at radius 1 is 1.10 bits per heavy atom. The van der Waals surface area contributed by atoms with Gasteiger partial charge in [-0.3, -0.25) is 14.9 Å². The highest BCUT2D eigenvalue weighted by Gasteiger charge is 2.20. The van der Waals surface area contributed by atoms with Gasteiger partial charge >= 0.3 is 5.69 Å². The van der Waals surface area contributed by atoms with Crippen molar-refractivity contribution in [3.63, 3.8) is 0 Å². The highest BCUT2D eigenvalue weighted by atomic mass is 32.1. The predicted molar refractivity (Wildman–Crippen MR) is 117 cm³/mol. The van der Waals surface area contributed by atoms with Gasteiger partial charge < -0.3 is 5.32 Å². The van der Waals surface area contributed by atoms with Gasteiger partial charge in [0.25, 0.3) is 5.91 Å². The third kappa shape index (κ3) is 3.92. The summed E-state index contributed by atoms with van der Waals surface area (Å²) >= 11 is 1.37. The summed E-state index contributed by atoms with van der Waals surface area (Å²) in [4.78, 5) is 23.6. The van der Waals surface area contributed by atoms with Crippen LogP contribution in [0.4, 0.5) is 15.8 Å². The molecular weight excluding hydrogens is 403 g/mol. The van der Waals surface area contributed by atoms with Crippen molar-refractivity contribution in [2.75, 3.05) is 5.32 Å². The number of aryl methyl sites for hydroxylation is 1. The molecule has 4 aromatic rings. The molecule has 0 unspecified atom stereocenters. The molecule has 1 heterocycles. The van der Waals surface area contributed by atoms with Gasteiger partial charge in [-0.05, 0) is 42.0 Å². The molecule has 0 atom stereocenters.